The van der Waals surface area contributed by atoms with Crippen molar-refractivity contribution in [2.24, 2.45) is 0 Å². The van der Waals surface area contributed by atoms with Crippen LogP contribution in [0.2, 0.25) is 0 Å². The summed E-state index contributed by atoms with van der Waals surface area (Å²) in [6.45, 7) is -0.0327. The van der Waals surface area contributed by atoms with Gasteiger partial charge in [-0.3, -0.25) is 20.4 Å². The van der Waals surface area contributed by atoms with Crippen LogP contribution in [0.3, 0.4) is 0 Å². The summed E-state index contributed by atoms with van der Waals surface area (Å²) in [6, 6.07) is 21.1. The summed E-state index contributed by atoms with van der Waals surface area (Å²) in [4.78, 5) is 24.3. The van der Waals surface area contributed by atoms with Gasteiger partial charge in [-0.05, 0) is 28.5 Å². The smallest absolute Gasteiger partial charge is 0.260 e. The summed E-state index contributed by atoms with van der Waals surface area (Å²) in [7, 11) is 0. The van der Waals surface area contributed by atoms with Crippen molar-refractivity contribution in [3.05, 3.63) is 72.3 Å². The minimum absolute atomic E-state index is 0.0327. The maximum atomic E-state index is 12.2. The molecule has 0 aliphatic carbocycles. The van der Waals surface area contributed by atoms with E-state index < -0.39 is 0 Å². The third kappa shape index (κ3) is 3.62. The molecule has 4 rings (SSSR count). The van der Waals surface area contributed by atoms with Crippen LogP contribution < -0.4 is 10.9 Å². The van der Waals surface area contributed by atoms with Gasteiger partial charge in [0, 0.05) is 0 Å². The van der Waals surface area contributed by atoms with Gasteiger partial charge >= 0.3 is 0 Å². The van der Waals surface area contributed by atoms with Crippen LogP contribution in [0.15, 0.2) is 66.7 Å². The second-order valence-electron chi connectivity index (χ2n) is 6.15. The Balaban J connectivity index is 1.37. The van der Waals surface area contributed by atoms with E-state index in [0.717, 1.165) is 21.9 Å². The SMILES string of the molecule is O=C(Cc1cccc2ccccc12)NNC(=O)Cn1nnc2ccccc21. The average Bonchev–Trinajstić information content (AvgIpc) is 3.10. The van der Waals surface area contributed by atoms with E-state index in [1.54, 1.807) is 0 Å². The number of rotatable bonds is 4. The molecule has 0 saturated carbocycles. The predicted octanol–water partition coefficient (Wildman–Crippen LogP) is 1.97. The molecule has 0 saturated heterocycles. The first-order chi connectivity index (χ1) is 13.2. The van der Waals surface area contributed by atoms with Crippen LogP contribution in [0.4, 0.5) is 0 Å². The number of amides is 2. The van der Waals surface area contributed by atoms with E-state index in [2.05, 4.69) is 21.2 Å². The van der Waals surface area contributed by atoms with Crippen molar-refractivity contribution in [1.82, 2.24) is 25.8 Å². The highest BCUT2D eigenvalue weighted by Gasteiger charge is 2.11. The van der Waals surface area contributed by atoms with Crippen LogP contribution in [0, 0.1) is 0 Å². The molecule has 0 bridgehead atoms. The van der Waals surface area contributed by atoms with Gasteiger partial charge in [-0.1, -0.05) is 59.8 Å². The van der Waals surface area contributed by atoms with E-state index in [9.17, 15) is 9.59 Å². The van der Waals surface area contributed by atoms with Gasteiger partial charge in [-0.2, -0.15) is 0 Å². The largest absolute Gasteiger partial charge is 0.273 e. The molecule has 27 heavy (non-hydrogen) atoms. The molecule has 1 heterocycles. The lowest BCUT2D eigenvalue weighted by molar-refractivity contribution is -0.129. The Morgan fingerprint density at radius 1 is 0.852 bits per heavy atom. The van der Waals surface area contributed by atoms with E-state index in [0.29, 0.717) is 5.52 Å². The Morgan fingerprint density at radius 2 is 1.59 bits per heavy atom. The van der Waals surface area contributed by atoms with E-state index in [1.165, 1.54) is 4.68 Å². The third-order valence-electron chi connectivity index (χ3n) is 4.29. The van der Waals surface area contributed by atoms with Crippen molar-refractivity contribution in [2.75, 3.05) is 0 Å². The summed E-state index contributed by atoms with van der Waals surface area (Å²) < 4.78 is 1.49. The van der Waals surface area contributed by atoms with E-state index >= 15 is 0 Å². The number of fused-ring (bicyclic) bond motifs is 2. The van der Waals surface area contributed by atoms with Crippen LogP contribution in [0.5, 0.6) is 0 Å². The monoisotopic (exact) mass is 359 g/mol. The molecule has 0 spiro atoms. The Morgan fingerprint density at radius 3 is 2.52 bits per heavy atom. The van der Waals surface area contributed by atoms with Crippen LogP contribution in [0.25, 0.3) is 21.8 Å². The molecule has 2 N–H and O–H groups in total. The number of benzene rings is 3. The highest BCUT2D eigenvalue weighted by atomic mass is 16.2. The zero-order valence-electron chi connectivity index (χ0n) is 14.4. The van der Waals surface area contributed by atoms with E-state index in [1.807, 2.05) is 66.7 Å². The zero-order chi connectivity index (χ0) is 18.6. The van der Waals surface area contributed by atoms with Crippen molar-refractivity contribution >= 4 is 33.6 Å². The van der Waals surface area contributed by atoms with Gasteiger partial charge in [0.05, 0.1) is 11.9 Å². The summed E-state index contributed by atoms with van der Waals surface area (Å²) >= 11 is 0. The summed E-state index contributed by atoms with van der Waals surface area (Å²) in [5.74, 6) is -0.667. The van der Waals surface area contributed by atoms with E-state index in [-0.39, 0.29) is 24.8 Å². The van der Waals surface area contributed by atoms with Gasteiger partial charge in [0.1, 0.15) is 12.1 Å². The molecule has 0 unspecified atom stereocenters. The molecule has 4 aromatic rings. The molecule has 0 aliphatic heterocycles. The molecule has 0 atom stereocenters. The second-order valence-corrected chi connectivity index (χ2v) is 6.15. The van der Waals surface area contributed by atoms with Gasteiger partial charge < -0.3 is 0 Å². The quantitative estimate of drug-likeness (QED) is 0.545. The molecule has 3 aromatic carbocycles. The fraction of sp³-hybridized carbons (Fsp3) is 0.100. The van der Waals surface area contributed by atoms with Gasteiger partial charge in [0.2, 0.25) is 5.91 Å². The van der Waals surface area contributed by atoms with Crippen molar-refractivity contribution in [3.63, 3.8) is 0 Å². The number of nitrogens with one attached hydrogen (secondary N) is 2. The Hall–Kier alpha value is -3.74. The fourth-order valence-electron chi connectivity index (χ4n) is 3.01. The number of para-hydroxylation sites is 1. The lowest BCUT2D eigenvalue weighted by Crippen LogP contribution is -2.43. The normalized spacial score (nSPS) is 10.8. The van der Waals surface area contributed by atoms with Gasteiger partial charge in [0.15, 0.2) is 0 Å². The fourth-order valence-corrected chi connectivity index (χ4v) is 3.01. The first-order valence-corrected chi connectivity index (χ1v) is 8.53. The van der Waals surface area contributed by atoms with E-state index in [4.69, 9.17) is 0 Å². The molecule has 7 heteroatoms. The summed E-state index contributed by atoms with van der Waals surface area (Å²) in [5.41, 5.74) is 7.26. The molecule has 0 fully saturated rings. The predicted molar refractivity (Wildman–Crippen MR) is 101 cm³/mol. The standard InChI is InChI=1S/C20H17N5O2/c26-19(12-15-8-5-7-14-6-1-2-9-16(14)15)22-23-20(27)13-25-18-11-4-3-10-17(18)21-24-25/h1-11H,12-13H2,(H,22,26)(H,23,27). The zero-order valence-corrected chi connectivity index (χ0v) is 14.4. The van der Waals surface area contributed by atoms with Gasteiger partial charge in [-0.25, -0.2) is 4.68 Å². The number of carbonyl (C=O) groups is 2. The van der Waals surface area contributed by atoms with Crippen LogP contribution in [-0.2, 0) is 22.6 Å². The average molecular weight is 359 g/mol. The number of aromatic nitrogens is 3. The van der Waals surface area contributed by atoms with Crippen molar-refractivity contribution in [3.8, 4) is 0 Å². The number of carbonyl (C=O) groups excluding carboxylic acids is 2. The summed E-state index contributed by atoms with van der Waals surface area (Å²) in [6.07, 6.45) is 0.174. The topological polar surface area (TPSA) is 88.9 Å². The minimum Gasteiger partial charge on any atom is -0.273 e. The molecule has 1 aromatic heterocycles. The maximum absolute atomic E-state index is 12.2. The number of hydrogen-bond acceptors (Lipinski definition) is 4. The maximum Gasteiger partial charge on any atom is 0.260 e. The van der Waals surface area contributed by atoms with Crippen molar-refractivity contribution < 1.29 is 9.59 Å². The summed E-state index contributed by atoms with van der Waals surface area (Å²) in [5, 5.41) is 10.1. The van der Waals surface area contributed by atoms with Gasteiger partial charge in [0.25, 0.3) is 5.91 Å². The lowest BCUT2D eigenvalue weighted by atomic mass is 10.0. The number of nitrogens with zero attached hydrogens (tertiary/aromatic N) is 3. The first kappa shape index (κ1) is 16.7. The highest BCUT2D eigenvalue weighted by molar-refractivity contribution is 5.91. The first-order valence-electron chi connectivity index (χ1n) is 8.53. The Labute approximate surface area is 154 Å². The molecular weight excluding hydrogens is 342 g/mol. The van der Waals surface area contributed by atoms with Crippen LogP contribution >= 0.6 is 0 Å². The highest BCUT2D eigenvalue weighted by Crippen LogP contribution is 2.18. The Bertz CT molecular complexity index is 1130. The van der Waals surface area contributed by atoms with Crippen LogP contribution in [0.1, 0.15) is 5.56 Å². The number of hydrazine groups is 1. The minimum atomic E-state index is -0.378. The van der Waals surface area contributed by atoms with Crippen molar-refractivity contribution in [1.29, 1.82) is 0 Å². The van der Waals surface area contributed by atoms with Gasteiger partial charge in [-0.15, -0.1) is 5.10 Å². The Kier molecular flexibility index (Phi) is 4.49. The molecule has 134 valence electrons. The second kappa shape index (κ2) is 7.25. The van der Waals surface area contributed by atoms with Crippen LogP contribution in [-0.4, -0.2) is 26.8 Å². The third-order valence-corrected chi connectivity index (χ3v) is 4.29. The lowest BCUT2D eigenvalue weighted by Gasteiger charge is -2.09. The molecule has 2 amide bonds. The van der Waals surface area contributed by atoms with Crippen molar-refractivity contribution in [2.45, 2.75) is 13.0 Å². The molecule has 0 aliphatic rings. The number of hydrogen-bond donors (Lipinski definition) is 2. The molecular formula is C20H17N5O2. The molecule has 0 radical (unpaired) electrons. The molecule has 7 nitrogen and oxygen atoms in total.